The van der Waals surface area contributed by atoms with Gasteiger partial charge in [-0.2, -0.15) is 0 Å². The number of hydrogen-bond acceptors (Lipinski definition) is 13. The van der Waals surface area contributed by atoms with Gasteiger partial charge >= 0.3 is 0 Å². The van der Waals surface area contributed by atoms with Crippen LogP contribution in [0.15, 0.2) is 89.4 Å². The van der Waals surface area contributed by atoms with E-state index in [1.165, 1.54) is 4.90 Å². The first-order valence-corrected chi connectivity index (χ1v) is 23.3. The molecular formula is C48H57N11O6S. The number of likely N-dealkylation sites (tertiary alicyclic amines) is 1. The van der Waals surface area contributed by atoms with Crippen molar-refractivity contribution in [2.45, 2.75) is 91.1 Å². The molecule has 346 valence electrons. The first-order valence-electron chi connectivity index (χ1n) is 22.5. The van der Waals surface area contributed by atoms with Crippen molar-refractivity contribution in [1.82, 2.24) is 45.0 Å². The van der Waals surface area contributed by atoms with E-state index in [9.17, 15) is 24.3 Å². The van der Waals surface area contributed by atoms with Crippen LogP contribution in [0.25, 0.3) is 27.2 Å². The van der Waals surface area contributed by atoms with Gasteiger partial charge in [-0.15, -0.1) is 21.5 Å². The number of carbonyl (C=O) groups excluding carboxylic acids is 4. The molecule has 6 heterocycles. The number of β-amino-alcohol motifs (C(OH)–C–C–N with tert-alkyl or cyclic N) is 1. The molecular weight excluding hydrogens is 859 g/mol. The molecule has 2 saturated heterocycles. The van der Waals surface area contributed by atoms with Gasteiger partial charge in [-0.3, -0.25) is 23.6 Å². The lowest BCUT2D eigenvalue weighted by molar-refractivity contribution is -0.144. The summed E-state index contributed by atoms with van der Waals surface area (Å²) in [5.74, 6) is 0.390. The highest BCUT2D eigenvalue weighted by Gasteiger charge is 2.44. The topological polar surface area (TPSA) is 203 Å². The predicted octanol–water partition coefficient (Wildman–Crippen LogP) is 5.45. The second-order valence-electron chi connectivity index (χ2n) is 18.0. The molecule has 0 aliphatic carbocycles. The summed E-state index contributed by atoms with van der Waals surface area (Å²) >= 11 is 1.58. The number of furan rings is 1. The van der Waals surface area contributed by atoms with Crippen molar-refractivity contribution < 1.29 is 28.7 Å². The lowest BCUT2D eigenvalue weighted by Crippen LogP contribution is -2.57. The van der Waals surface area contributed by atoms with Crippen LogP contribution < -0.4 is 20.9 Å². The van der Waals surface area contributed by atoms with Crippen molar-refractivity contribution in [3.8, 4) is 21.6 Å². The van der Waals surface area contributed by atoms with E-state index in [0.29, 0.717) is 63.6 Å². The normalized spacial score (nSPS) is 17.0. The molecule has 4 aromatic heterocycles. The summed E-state index contributed by atoms with van der Waals surface area (Å²) in [7, 11) is 0. The third kappa shape index (κ3) is 10.7. The molecule has 17 nitrogen and oxygen atoms in total. The van der Waals surface area contributed by atoms with Crippen molar-refractivity contribution >= 4 is 52.2 Å². The highest BCUT2D eigenvalue weighted by Crippen LogP contribution is 2.30. The molecule has 0 unspecified atom stereocenters. The zero-order valence-electron chi connectivity index (χ0n) is 37.8. The maximum atomic E-state index is 14.1. The monoisotopic (exact) mass is 915 g/mol. The molecule has 2 fully saturated rings. The van der Waals surface area contributed by atoms with Crippen LogP contribution in [0.2, 0.25) is 0 Å². The summed E-state index contributed by atoms with van der Waals surface area (Å²) in [6, 6.07) is 18.1. The van der Waals surface area contributed by atoms with Crippen LogP contribution in [0.5, 0.6) is 0 Å². The summed E-state index contributed by atoms with van der Waals surface area (Å²) in [5.41, 5.74) is 7.62. The van der Waals surface area contributed by atoms with Crippen molar-refractivity contribution in [3.05, 3.63) is 102 Å². The van der Waals surface area contributed by atoms with Gasteiger partial charge in [0.2, 0.25) is 29.6 Å². The Morgan fingerprint density at radius 1 is 0.924 bits per heavy atom. The number of amides is 4. The number of thiazole rings is 1. The maximum absolute atomic E-state index is 14.1. The summed E-state index contributed by atoms with van der Waals surface area (Å²) in [6.45, 7) is 10.9. The van der Waals surface area contributed by atoms with Gasteiger partial charge in [0.25, 0.3) is 0 Å². The predicted molar refractivity (Wildman–Crippen MR) is 251 cm³/mol. The average Bonchev–Trinajstić information content (AvgIpc) is 4.17. The van der Waals surface area contributed by atoms with Crippen molar-refractivity contribution in [1.29, 1.82) is 0 Å². The van der Waals surface area contributed by atoms with Crippen LogP contribution >= 0.6 is 11.3 Å². The van der Waals surface area contributed by atoms with E-state index in [1.54, 1.807) is 30.1 Å². The van der Waals surface area contributed by atoms with Gasteiger partial charge in [0, 0.05) is 76.0 Å². The number of anilines is 2. The zero-order valence-corrected chi connectivity index (χ0v) is 38.6. The lowest BCUT2D eigenvalue weighted by atomic mass is 9.85. The van der Waals surface area contributed by atoms with Crippen molar-refractivity contribution in [3.63, 3.8) is 0 Å². The SMILES string of the molecule is Cc1ncsc1-c1ccc(CNC(=O)[C@@H]2C[C@@H](O)CN2C(=O)[C@@H](NC(=O)CCCCC(=O)N2CCN(c3ccc(-c4cnc(NCc5ccco5)n5cnnc45)cc3)CC2)C(C)(C)C)cc1. The number of benzene rings is 2. The van der Waals surface area contributed by atoms with E-state index in [2.05, 4.69) is 53.1 Å². The summed E-state index contributed by atoms with van der Waals surface area (Å²) in [5, 5.41) is 28.2. The van der Waals surface area contributed by atoms with E-state index in [4.69, 9.17) is 4.42 Å². The molecule has 2 aliphatic heterocycles. The number of aromatic nitrogens is 5. The number of carbonyl (C=O) groups is 4. The van der Waals surface area contributed by atoms with Crippen LogP contribution in [0, 0.1) is 12.3 Å². The molecule has 6 aromatic rings. The Morgan fingerprint density at radius 2 is 1.67 bits per heavy atom. The third-order valence-corrected chi connectivity index (χ3v) is 13.2. The van der Waals surface area contributed by atoms with E-state index >= 15 is 0 Å². The third-order valence-electron chi connectivity index (χ3n) is 12.3. The van der Waals surface area contributed by atoms with Crippen LogP contribution in [0.3, 0.4) is 0 Å². The zero-order chi connectivity index (χ0) is 46.4. The molecule has 66 heavy (non-hydrogen) atoms. The van der Waals surface area contributed by atoms with Gasteiger partial charge in [0.05, 0.1) is 35.0 Å². The maximum Gasteiger partial charge on any atom is 0.246 e. The number of unbranched alkanes of at least 4 members (excludes halogenated alkanes) is 1. The molecule has 2 aromatic carbocycles. The smallest absolute Gasteiger partial charge is 0.246 e. The number of aryl methyl sites for hydroxylation is 1. The Bertz CT molecular complexity index is 2620. The van der Waals surface area contributed by atoms with Crippen LogP contribution in [-0.4, -0.2) is 114 Å². The number of aliphatic hydroxyl groups excluding tert-OH is 1. The molecule has 18 heteroatoms. The molecule has 0 saturated carbocycles. The van der Waals surface area contributed by atoms with E-state index in [-0.39, 0.29) is 43.7 Å². The largest absolute Gasteiger partial charge is 0.467 e. The average molecular weight is 916 g/mol. The number of fused-ring (bicyclic) bond motifs is 1. The minimum Gasteiger partial charge on any atom is -0.467 e. The minimum atomic E-state index is -0.919. The number of nitrogens with zero attached hydrogens (tertiary/aromatic N) is 8. The number of nitrogens with one attached hydrogen (secondary N) is 3. The van der Waals surface area contributed by atoms with Crippen LogP contribution in [0.1, 0.15) is 69.9 Å². The molecule has 0 radical (unpaired) electrons. The number of piperazine rings is 1. The lowest BCUT2D eigenvalue weighted by Gasteiger charge is -2.36. The molecule has 4 amide bonds. The number of rotatable bonds is 16. The number of aliphatic hydroxyl groups is 1. The summed E-state index contributed by atoms with van der Waals surface area (Å²) < 4.78 is 7.24. The van der Waals surface area contributed by atoms with Gasteiger partial charge in [0.1, 0.15) is 24.2 Å². The fourth-order valence-electron chi connectivity index (χ4n) is 8.53. The van der Waals surface area contributed by atoms with E-state index in [1.807, 2.05) is 91.0 Å². The summed E-state index contributed by atoms with van der Waals surface area (Å²) in [6.07, 6.45) is 5.79. The highest BCUT2D eigenvalue weighted by molar-refractivity contribution is 7.13. The molecule has 0 bridgehead atoms. The molecule has 3 atom stereocenters. The Balaban J connectivity index is 0.767. The van der Waals surface area contributed by atoms with Gasteiger partial charge in [-0.25, -0.2) is 9.97 Å². The fourth-order valence-corrected chi connectivity index (χ4v) is 9.34. The fraction of sp³-hybridized carbons (Fsp3) is 0.417. The Hall–Kier alpha value is -6.66. The quantitative estimate of drug-likeness (QED) is 0.0897. The van der Waals surface area contributed by atoms with Crippen LogP contribution in [-0.2, 0) is 32.3 Å². The summed E-state index contributed by atoms with van der Waals surface area (Å²) in [4.78, 5) is 69.6. The Labute approximate surface area is 387 Å². The van der Waals surface area contributed by atoms with E-state index in [0.717, 1.165) is 44.3 Å². The van der Waals surface area contributed by atoms with Gasteiger partial charge in [-0.05, 0) is 66.1 Å². The van der Waals surface area contributed by atoms with Crippen LogP contribution in [0.4, 0.5) is 11.6 Å². The standard InChI is InChI=1S/C48H57N11O6S/c1-31-42(66-30-52-31)34-13-11-32(12-14-34)25-49-45(63)39-24-36(60)28-58(39)46(64)43(48(2,3)4)54-40(61)9-5-6-10-41(62)57-21-19-56(20-22-57)35-17-15-33(16-18-35)38-27-51-47(59-29-53-55-44(38)59)50-26-37-8-7-23-65-37/h7-8,11-18,23,27,29-30,36,39,43,60H,5-6,9-10,19-22,24-26,28H2,1-4H3,(H,49,63)(H,50,51)(H,54,61)/t36-,39+,43-/m1/s1. The van der Waals surface area contributed by atoms with Crippen molar-refractivity contribution in [2.75, 3.05) is 42.9 Å². The molecule has 2 aliphatic rings. The van der Waals surface area contributed by atoms with Gasteiger partial charge < -0.3 is 40.2 Å². The van der Waals surface area contributed by atoms with Gasteiger partial charge in [-0.1, -0.05) is 57.2 Å². The number of hydrogen-bond donors (Lipinski definition) is 4. The molecule has 8 rings (SSSR count). The van der Waals surface area contributed by atoms with E-state index < -0.39 is 29.5 Å². The second-order valence-corrected chi connectivity index (χ2v) is 18.9. The molecule has 4 N–H and O–H groups in total. The Kier molecular flexibility index (Phi) is 14.1. The Morgan fingerprint density at radius 3 is 2.36 bits per heavy atom. The highest BCUT2D eigenvalue weighted by atomic mass is 32.1. The minimum absolute atomic E-state index is 0.00117. The van der Waals surface area contributed by atoms with Gasteiger partial charge in [0.15, 0.2) is 5.65 Å². The molecule has 0 spiro atoms. The first kappa shape index (κ1) is 45.9. The van der Waals surface area contributed by atoms with Crippen molar-refractivity contribution in [2.24, 2.45) is 5.41 Å². The second kappa shape index (κ2) is 20.2. The first-order chi connectivity index (χ1) is 31.8.